The van der Waals surface area contributed by atoms with Gasteiger partial charge < -0.3 is 10.6 Å². The Morgan fingerprint density at radius 1 is 1.38 bits per heavy atom. The number of nitro groups is 1. The Hall–Kier alpha value is -0.680. The van der Waals surface area contributed by atoms with E-state index in [0.717, 1.165) is 25.8 Å². The van der Waals surface area contributed by atoms with Gasteiger partial charge in [-0.25, -0.2) is 0 Å². The van der Waals surface area contributed by atoms with Crippen LogP contribution in [-0.2, 0) is 0 Å². The molecular formula is C8H19N3O2. The van der Waals surface area contributed by atoms with Gasteiger partial charge in [0.15, 0.2) is 0 Å². The van der Waals surface area contributed by atoms with Gasteiger partial charge in [0, 0.05) is 4.92 Å². The smallest absolute Gasteiger partial charge is 0.218 e. The molecule has 1 atom stereocenters. The Morgan fingerprint density at radius 3 is 2.54 bits per heavy atom. The van der Waals surface area contributed by atoms with Crippen LogP contribution >= 0.6 is 0 Å². The summed E-state index contributed by atoms with van der Waals surface area (Å²) in [5, 5.41) is 16.2. The second kappa shape index (κ2) is 7.94. The number of rotatable bonds is 8. The summed E-state index contributed by atoms with van der Waals surface area (Å²) in [6.07, 6.45) is 2.98. The molecule has 0 aromatic heterocycles. The summed E-state index contributed by atoms with van der Waals surface area (Å²) in [7, 11) is 3.68. The van der Waals surface area contributed by atoms with Gasteiger partial charge >= 0.3 is 0 Å². The molecule has 5 nitrogen and oxygen atoms in total. The normalized spacial score (nSPS) is 12.8. The van der Waals surface area contributed by atoms with Gasteiger partial charge in [-0.3, -0.25) is 10.1 Å². The molecule has 0 saturated heterocycles. The number of likely N-dealkylation sites (N-methyl/N-ethyl adjacent to an activating group) is 1. The van der Waals surface area contributed by atoms with E-state index in [1.165, 1.54) is 0 Å². The summed E-state index contributed by atoms with van der Waals surface area (Å²) >= 11 is 0. The molecule has 0 aromatic carbocycles. The molecule has 2 N–H and O–H groups in total. The number of hydrogen-bond donors (Lipinski definition) is 2. The first kappa shape index (κ1) is 12.3. The van der Waals surface area contributed by atoms with Crippen molar-refractivity contribution in [2.24, 2.45) is 0 Å². The molecular weight excluding hydrogens is 170 g/mol. The zero-order chi connectivity index (χ0) is 10.1. The zero-order valence-electron chi connectivity index (χ0n) is 8.38. The number of nitrogens with zero attached hydrogens (tertiary/aromatic N) is 1. The molecule has 0 aromatic rings. The third-order valence-corrected chi connectivity index (χ3v) is 2.01. The van der Waals surface area contributed by atoms with Crippen LogP contribution in [0.1, 0.15) is 19.3 Å². The minimum atomic E-state index is -0.265. The maximum Gasteiger partial charge on any atom is 0.218 e. The van der Waals surface area contributed by atoms with Crippen LogP contribution in [0.4, 0.5) is 0 Å². The summed E-state index contributed by atoms with van der Waals surface area (Å²) in [6.45, 7) is 1.00. The van der Waals surface area contributed by atoms with Crippen LogP contribution in [0, 0.1) is 10.1 Å². The van der Waals surface area contributed by atoms with Crippen molar-refractivity contribution in [3.8, 4) is 0 Å². The SMILES string of the molecule is CNCCCCC(C[N+](=O)[O-])NC. The molecule has 0 bridgehead atoms. The fourth-order valence-electron chi connectivity index (χ4n) is 1.20. The summed E-state index contributed by atoms with van der Waals surface area (Å²) in [5.74, 6) is 0. The molecule has 0 heterocycles. The summed E-state index contributed by atoms with van der Waals surface area (Å²) in [6, 6.07) is 0.0202. The van der Waals surface area contributed by atoms with Gasteiger partial charge in [-0.1, -0.05) is 6.42 Å². The van der Waals surface area contributed by atoms with Crippen molar-refractivity contribution in [1.29, 1.82) is 0 Å². The minimum absolute atomic E-state index is 0.0202. The van der Waals surface area contributed by atoms with Gasteiger partial charge in [-0.2, -0.15) is 0 Å². The molecule has 0 aliphatic carbocycles. The monoisotopic (exact) mass is 189 g/mol. The Kier molecular flexibility index (Phi) is 7.53. The van der Waals surface area contributed by atoms with Crippen LogP contribution in [0.15, 0.2) is 0 Å². The van der Waals surface area contributed by atoms with Gasteiger partial charge in [0.1, 0.15) is 0 Å². The van der Waals surface area contributed by atoms with Crippen molar-refractivity contribution < 1.29 is 4.92 Å². The average Bonchev–Trinajstić information content (AvgIpc) is 2.09. The first-order valence-electron chi connectivity index (χ1n) is 4.64. The van der Waals surface area contributed by atoms with E-state index in [1.807, 2.05) is 7.05 Å². The molecule has 78 valence electrons. The topological polar surface area (TPSA) is 67.2 Å². The fourth-order valence-corrected chi connectivity index (χ4v) is 1.20. The summed E-state index contributed by atoms with van der Waals surface area (Å²) in [5.41, 5.74) is 0. The van der Waals surface area contributed by atoms with E-state index in [2.05, 4.69) is 10.6 Å². The molecule has 0 radical (unpaired) electrons. The van der Waals surface area contributed by atoms with E-state index < -0.39 is 0 Å². The third kappa shape index (κ3) is 7.67. The molecule has 0 spiro atoms. The van der Waals surface area contributed by atoms with Crippen LogP contribution in [0.3, 0.4) is 0 Å². The first-order chi connectivity index (χ1) is 6.20. The van der Waals surface area contributed by atoms with Crippen molar-refractivity contribution in [2.75, 3.05) is 27.2 Å². The maximum atomic E-state index is 10.2. The second-order valence-electron chi connectivity index (χ2n) is 3.10. The maximum absolute atomic E-state index is 10.2. The van der Waals surface area contributed by atoms with Crippen molar-refractivity contribution in [1.82, 2.24) is 10.6 Å². The molecule has 1 unspecified atom stereocenters. The van der Waals surface area contributed by atoms with E-state index in [-0.39, 0.29) is 17.5 Å². The lowest BCUT2D eigenvalue weighted by Crippen LogP contribution is -2.32. The van der Waals surface area contributed by atoms with Crippen LogP contribution in [-0.4, -0.2) is 38.2 Å². The van der Waals surface area contributed by atoms with Gasteiger partial charge in [0.2, 0.25) is 6.54 Å². The number of hydrogen-bond acceptors (Lipinski definition) is 4. The van der Waals surface area contributed by atoms with Gasteiger partial charge in [0.05, 0.1) is 6.04 Å². The van der Waals surface area contributed by atoms with Crippen LogP contribution in [0.25, 0.3) is 0 Å². The van der Waals surface area contributed by atoms with E-state index in [0.29, 0.717) is 0 Å². The predicted molar refractivity (Wildman–Crippen MR) is 52.5 cm³/mol. The molecule has 0 amide bonds. The van der Waals surface area contributed by atoms with Crippen molar-refractivity contribution >= 4 is 0 Å². The highest BCUT2D eigenvalue weighted by Gasteiger charge is 2.11. The lowest BCUT2D eigenvalue weighted by Gasteiger charge is -2.10. The van der Waals surface area contributed by atoms with E-state index in [4.69, 9.17) is 0 Å². The summed E-state index contributed by atoms with van der Waals surface area (Å²) in [4.78, 5) is 9.95. The largest absolute Gasteiger partial charge is 0.320 e. The van der Waals surface area contributed by atoms with Crippen molar-refractivity contribution in [2.45, 2.75) is 25.3 Å². The highest BCUT2D eigenvalue weighted by atomic mass is 16.6. The molecule has 0 fully saturated rings. The van der Waals surface area contributed by atoms with Crippen LogP contribution < -0.4 is 10.6 Å². The third-order valence-electron chi connectivity index (χ3n) is 2.01. The fraction of sp³-hybridized carbons (Fsp3) is 1.00. The van der Waals surface area contributed by atoms with E-state index >= 15 is 0 Å². The van der Waals surface area contributed by atoms with Crippen LogP contribution in [0.2, 0.25) is 0 Å². The average molecular weight is 189 g/mol. The lowest BCUT2D eigenvalue weighted by atomic mass is 10.1. The molecule has 5 heteroatoms. The van der Waals surface area contributed by atoms with E-state index in [9.17, 15) is 10.1 Å². The Bertz CT molecular complexity index is 141. The van der Waals surface area contributed by atoms with Gasteiger partial charge in [-0.15, -0.1) is 0 Å². The predicted octanol–water partition coefficient (Wildman–Crippen LogP) is 0.241. The molecule has 0 aliphatic rings. The Morgan fingerprint density at radius 2 is 2.08 bits per heavy atom. The quantitative estimate of drug-likeness (QED) is 0.326. The van der Waals surface area contributed by atoms with Crippen molar-refractivity contribution in [3.05, 3.63) is 10.1 Å². The standard InChI is InChI=1S/C8H19N3O2/c1-9-6-4-3-5-8(10-2)7-11(12)13/h8-10H,3-7H2,1-2H3. The Labute approximate surface area is 79.0 Å². The van der Waals surface area contributed by atoms with Gasteiger partial charge in [0.25, 0.3) is 0 Å². The van der Waals surface area contributed by atoms with Crippen LogP contribution in [0.5, 0.6) is 0 Å². The lowest BCUT2D eigenvalue weighted by molar-refractivity contribution is -0.483. The zero-order valence-corrected chi connectivity index (χ0v) is 8.38. The van der Waals surface area contributed by atoms with Gasteiger partial charge in [-0.05, 0) is 33.5 Å². The Balaban J connectivity index is 3.42. The molecule has 0 rings (SSSR count). The van der Waals surface area contributed by atoms with E-state index in [1.54, 1.807) is 7.05 Å². The highest BCUT2D eigenvalue weighted by Crippen LogP contribution is 2.00. The first-order valence-corrected chi connectivity index (χ1v) is 4.64. The summed E-state index contributed by atoms with van der Waals surface area (Å²) < 4.78 is 0. The number of unbranched alkanes of at least 4 members (excludes halogenated alkanes) is 1. The second-order valence-corrected chi connectivity index (χ2v) is 3.10. The molecule has 0 aliphatic heterocycles. The minimum Gasteiger partial charge on any atom is -0.320 e. The highest BCUT2D eigenvalue weighted by molar-refractivity contribution is 4.62. The molecule has 0 saturated carbocycles. The molecule has 13 heavy (non-hydrogen) atoms. The van der Waals surface area contributed by atoms with Crippen molar-refractivity contribution in [3.63, 3.8) is 0 Å². The number of nitrogens with one attached hydrogen (secondary N) is 2.